The molecule has 9 aliphatic rings. The first-order valence-electron chi connectivity index (χ1n) is 20.0. The highest BCUT2D eigenvalue weighted by molar-refractivity contribution is 5.92. The van der Waals surface area contributed by atoms with Crippen molar-refractivity contribution in [2.45, 2.75) is 134 Å². The fourth-order valence-electron chi connectivity index (χ4n) is 14.2. The first-order valence-corrected chi connectivity index (χ1v) is 20.0. The maximum atomic E-state index is 14.9. The zero-order valence-corrected chi connectivity index (χ0v) is 30.9. The van der Waals surface area contributed by atoms with E-state index in [4.69, 9.17) is 23.4 Å². The van der Waals surface area contributed by atoms with Crippen molar-refractivity contribution in [2.24, 2.45) is 45.3 Å². The van der Waals surface area contributed by atoms with Crippen LogP contribution in [0.2, 0.25) is 0 Å². The van der Waals surface area contributed by atoms with E-state index in [9.17, 15) is 19.5 Å². The van der Waals surface area contributed by atoms with Crippen molar-refractivity contribution in [1.82, 2.24) is 10.6 Å². The van der Waals surface area contributed by atoms with Crippen molar-refractivity contribution >= 4 is 17.7 Å². The molecule has 13 unspecified atom stereocenters. The maximum Gasteiger partial charge on any atom is 0.339 e. The summed E-state index contributed by atoms with van der Waals surface area (Å²) >= 11 is 0. The largest absolute Gasteiger partial charge is 0.469 e. The molecule has 0 amide bonds. The average Bonchev–Trinajstić information content (AvgIpc) is 3.60. The second kappa shape index (κ2) is 11.0. The van der Waals surface area contributed by atoms with E-state index >= 15 is 0 Å². The molecule has 0 radical (unpaired) electrons. The van der Waals surface area contributed by atoms with Crippen LogP contribution in [0.15, 0.2) is 28.9 Å². The number of epoxide rings is 1. The molecule has 282 valence electrons. The highest BCUT2D eigenvalue weighted by Gasteiger charge is 2.91. The van der Waals surface area contributed by atoms with Crippen molar-refractivity contribution in [3.63, 3.8) is 0 Å². The van der Waals surface area contributed by atoms with Crippen LogP contribution in [0.5, 0.6) is 0 Å². The highest BCUT2D eigenvalue weighted by atomic mass is 16.7. The molecule has 5 aliphatic heterocycles. The lowest BCUT2D eigenvalue weighted by atomic mass is 9.35. The molecule has 3 N–H and O–H groups in total. The predicted octanol–water partition coefficient (Wildman–Crippen LogP) is 4.31. The van der Waals surface area contributed by atoms with Gasteiger partial charge in [-0.05, 0) is 82.6 Å². The molecule has 52 heavy (non-hydrogen) atoms. The number of allylic oxidation sites excluding steroid dienone is 1. The number of nitrogens with one attached hydrogen (secondary N) is 2. The third kappa shape index (κ3) is 3.97. The van der Waals surface area contributed by atoms with E-state index in [-0.39, 0.29) is 24.3 Å². The fraction of sp³-hybridized carbons (Fsp3) is 0.780. The smallest absolute Gasteiger partial charge is 0.339 e. The van der Waals surface area contributed by atoms with E-state index in [1.54, 1.807) is 6.26 Å². The van der Waals surface area contributed by atoms with Gasteiger partial charge in [0.25, 0.3) is 0 Å². The molecule has 5 saturated heterocycles. The third-order valence-electron chi connectivity index (χ3n) is 16.4. The lowest BCUT2D eigenvalue weighted by molar-refractivity contribution is -0.264. The fourth-order valence-corrected chi connectivity index (χ4v) is 14.2. The van der Waals surface area contributed by atoms with Crippen LogP contribution in [-0.2, 0) is 39.8 Å². The Morgan fingerprint density at radius 3 is 2.50 bits per heavy atom. The zero-order chi connectivity index (χ0) is 36.1. The molecule has 8 fully saturated rings. The molecule has 11 nitrogen and oxygen atoms in total. The maximum absolute atomic E-state index is 14.9. The number of aliphatic hydroxyl groups is 1. The molecule has 6 heterocycles. The minimum Gasteiger partial charge on any atom is -0.469 e. The van der Waals surface area contributed by atoms with Gasteiger partial charge < -0.3 is 33.8 Å². The standard InChI is InChI=1S/C41H54N2O9/c1-36(2)29-28(44)30(45)38(4)27(40(29)20-49-35(47)39(34(40)52-36)15-5-6-16-39)13-17-37(3)31(50-33(46)32-41(37,38)51-32)24-14-18-48-26(24)12-9-22-7-10-23(11-8-22)25-19-42-21-43-25/h7,10,14,18,22-23,25,27,29-32,34,42-43,45H,5-6,8-9,11-13,15-17,19-21H2,1-4H3. The second-order valence-electron chi connectivity index (χ2n) is 18.9. The van der Waals surface area contributed by atoms with E-state index in [1.165, 1.54) is 0 Å². The summed E-state index contributed by atoms with van der Waals surface area (Å²) in [6, 6.07) is 2.42. The van der Waals surface area contributed by atoms with Gasteiger partial charge in [-0.2, -0.15) is 0 Å². The zero-order valence-electron chi connectivity index (χ0n) is 30.9. The second-order valence-corrected chi connectivity index (χ2v) is 18.9. The Morgan fingerprint density at radius 2 is 1.77 bits per heavy atom. The molecule has 0 aromatic carbocycles. The summed E-state index contributed by atoms with van der Waals surface area (Å²) in [5, 5.41) is 19.4. The Labute approximate surface area is 305 Å². The Hall–Kier alpha value is -2.57. The quantitative estimate of drug-likeness (QED) is 0.227. The highest BCUT2D eigenvalue weighted by Crippen LogP contribution is 2.81. The Kier molecular flexibility index (Phi) is 7.20. The molecule has 10 rings (SSSR count). The molecule has 1 aromatic rings. The molecular formula is C41H54N2O9. The Balaban J connectivity index is 0.996. The van der Waals surface area contributed by atoms with Crippen molar-refractivity contribution in [2.75, 3.05) is 19.8 Å². The summed E-state index contributed by atoms with van der Waals surface area (Å²) in [5.41, 5.74) is -4.84. The molecule has 0 bridgehead atoms. The van der Waals surface area contributed by atoms with Gasteiger partial charge in [0, 0.05) is 47.5 Å². The van der Waals surface area contributed by atoms with Crippen molar-refractivity contribution in [3.8, 4) is 0 Å². The van der Waals surface area contributed by atoms with Gasteiger partial charge in [-0.25, -0.2) is 4.79 Å². The van der Waals surface area contributed by atoms with Crippen molar-refractivity contribution in [1.29, 1.82) is 0 Å². The Bertz CT molecular complexity index is 1720. The van der Waals surface area contributed by atoms with Crippen LogP contribution >= 0.6 is 0 Å². The number of rotatable bonds is 5. The van der Waals surface area contributed by atoms with Crippen LogP contribution in [0, 0.1) is 45.3 Å². The van der Waals surface area contributed by atoms with Crippen LogP contribution in [0.1, 0.15) is 103 Å². The SMILES string of the molecule is CC1(C)OC2C3(CCCC3)C(=O)OCC23C1C(=O)C(O)C1(C)C3CCC2(C)C(c3ccoc3CCC3C=CC(C4CNCN4)CC3)OC(=O)C3OC321. The first kappa shape index (κ1) is 34.0. The van der Waals surface area contributed by atoms with Gasteiger partial charge in [-0.3, -0.25) is 14.9 Å². The number of ketones is 1. The number of aliphatic hydroxyl groups excluding tert-OH is 1. The van der Waals surface area contributed by atoms with E-state index in [0.717, 1.165) is 56.6 Å². The Morgan fingerprint density at radius 1 is 0.962 bits per heavy atom. The van der Waals surface area contributed by atoms with Gasteiger partial charge in [-0.15, -0.1) is 0 Å². The van der Waals surface area contributed by atoms with Crippen LogP contribution < -0.4 is 10.6 Å². The van der Waals surface area contributed by atoms with Crippen molar-refractivity contribution < 1.29 is 42.9 Å². The summed E-state index contributed by atoms with van der Waals surface area (Å²) < 4.78 is 32.3. The minimum absolute atomic E-state index is 0.0622. The summed E-state index contributed by atoms with van der Waals surface area (Å²) in [5.74, 6) is -0.156. The summed E-state index contributed by atoms with van der Waals surface area (Å²) in [6.45, 7) is 9.89. The molecule has 4 aliphatic carbocycles. The summed E-state index contributed by atoms with van der Waals surface area (Å²) in [4.78, 5) is 42.6. The first-order chi connectivity index (χ1) is 24.8. The van der Waals surface area contributed by atoms with Gasteiger partial charge in [0.05, 0.1) is 29.3 Å². The van der Waals surface area contributed by atoms with Gasteiger partial charge in [0.15, 0.2) is 11.9 Å². The van der Waals surface area contributed by atoms with Crippen LogP contribution in [0.4, 0.5) is 0 Å². The van der Waals surface area contributed by atoms with Gasteiger partial charge in [0.1, 0.15) is 30.2 Å². The average molecular weight is 719 g/mol. The number of ether oxygens (including phenoxy) is 4. The van der Waals surface area contributed by atoms with Gasteiger partial charge in [-0.1, -0.05) is 38.8 Å². The number of aryl methyl sites for hydroxylation is 1. The van der Waals surface area contributed by atoms with E-state index in [1.807, 2.05) is 26.8 Å². The number of hydrogen-bond acceptors (Lipinski definition) is 11. The topological polar surface area (TPSA) is 149 Å². The van der Waals surface area contributed by atoms with E-state index in [2.05, 4.69) is 29.7 Å². The normalized spacial score (nSPS) is 49.4. The number of esters is 2. The monoisotopic (exact) mass is 718 g/mol. The molecule has 3 spiro atoms. The predicted molar refractivity (Wildman–Crippen MR) is 185 cm³/mol. The number of carbonyl (C=O) groups excluding carboxylic acids is 3. The number of fused-ring (bicyclic) bond motifs is 2. The molecule has 13 atom stereocenters. The number of cyclic esters (lactones) is 2. The van der Waals surface area contributed by atoms with Crippen LogP contribution in [0.25, 0.3) is 0 Å². The molecule has 3 saturated carbocycles. The van der Waals surface area contributed by atoms with Gasteiger partial charge >= 0.3 is 11.9 Å². The number of hydrogen-bond donors (Lipinski definition) is 3. The lowest BCUT2D eigenvalue weighted by Gasteiger charge is -2.67. The minimum atomic E-state index is -1.40. The third-order valence-corrected chi connectivity index (χ3v) is 16.4. The number of carbonyl (C=O) groups is 3. The van der Waals surface area contributed by atoms with Gasteiger partial charge in [0.2, 0.25) is 0 Å². The van der Waals surface area contributed by atoms with E-state index < -0.39 is 69.2 Å². The number of furan rings is 1. The molecule has 11 heteroatoms. The lowest BCUT2D eigenvalue weighted by Crippen LogP contribution is -2.77. The van der Waals surface area contributed by atoms with Crippen LogP contribution in [-0.4, -0.2) is 78.2 Å². The molecule has 1 aromatic heterocycles. The summed E-state index contributed by atoms with van der Waals surface area (Å²) in [6.07, 6.45) is 11.2. The van der Waals surface area contributed by atoms with E-state index in [0.29, 0.717) is 50.0 Å². The number of Topliss-reactive ketones (excluding diaryl/α,β-unsaturated/α-hetero) is 1. The van der Waals surface area contributed by atoms with Crippen LogP contribution in [0.3, 0.4) is 0 Å². The van der Waals surface area contributed by atoms with Crippen molar-refractivity contribution in [3.05, 3.63) is 35.8 Å². The summed E-state index contributed by atoms with van der Waals surface area (Å²) in [7, 11) is 0. The molecular weight excluding hydrogens is 664 g/mol.